The SMILES string of the molecule is c1ccc(N(c2ccccc2)c2cccc3sc4c5ccccc5c(-c5cccc6c5oc5ccccc56)cc4c23)cc1. The number of benzene rings is 7. The van der Waals surface area contributed by atoms with Crippen LogP contribution in [0.1, 0.15) is 0 Å². The van der Waals surface area contributed by atoms with Gasteiger partial charge in [0.2, 0.25) is 0 Å². The van der Waals surface area contributed by atoms with Gasteiger partial charge >= 0.3 is 0 Å². The van der Waals surface area contributed by atoms with E-state index < -0.39 is 0 Å². The maximum Gasteiger partial charge on any atom is 0.143 e. The maximum absolute atomic E-state index is 6.54. The van der Waals surface area contributed by atoms with Gasteiger partial charge in [0.15, 0.2) is 0 Å². The minimum absolute atomic E-state index is 0.917. The summed E-state index contributed by atoms with van der Waals surface area (Å²) in [7, 11) is 0. The van der Waals surface area contributed by atoms with Gasteiger partial charge in [-0.25, -0.2) is 0 Å². The second-order valence-corrected chi connectivity index (χ2v) is 11.9. The Labute approximate surface area is 252 Å². The zero-order valence-corrected chi connectivity index (χ0v) is 24.0. The summed E-state index contributed by atoms with van der Waals surface area (Å²) in [5.41, 5.74) is 7.59. The molecular formula is C40H25NOS. The molecule has 0 amide bonds. The fourth-order valence-corrected chi connectivity index (χ4v) is 7.82. The number of anilines is 3. The van der Waals surface area contributed by atoms with E-state index in [2.05, 4.69) is 150 Å². The van der Waals surface area contributed by atoms with Crippen LogP contribution in [-0.4, -0.2) is 0 Å². The van der Waals surface area contributed by atoms with Crippen LogP contribution in [0.25, 0.3) is 64.0 Å². The molecule has 0 atom stereocenters. The summed E-state index contributed by atoms with van der Waals surface area (Å²) in [5.74, 6) is 0. The molecule has 202 valence electrons. The van der Waals surface area contributed by atoms with Gasteiger partial charge in [0.1, 0.15) is 11.2 Å². The zero-order chi connectivity index (χ0) is 28.3. The largest absolute Gasteiger partial charge is 0.455 e. The summed E-state index contributed by atoms with van der Waals surface area (Å²) in [6.07, 6.45) is 0. The number of hydrogen-bond acceptors (Lipinski definition) is 3. The van der Waals surface area contributed by atoms with Gasteiger partial charge in [-0.1, -0.05) is 103 Å². The van der Waals surface area contributed by atoms with Gasteiger partial charge in [0, 0.05) is 53.3 Å². The van der Waals surface area contributed by atoms with Crippen molar-refractivity contribution in [2.24, 2.45) is 0 Å². The van der Waals surface area contributed by atoms with E-state index in [0.717, 1.165) is 38.9 Å². The van der Waals surface area contributed by atoms with E-state index in [1.54, 1.807) is 0 Å². The highest BCUT2D eigenvalue weighted by molar-refractivity contribution is 7.26. The van der Waals surface area contributed by atoms with Crippen LogP contribution in [0.4, 0.5) is 17.1 Å². The number of thiophene rings is 1. The molecule has 9 aromatic rings. The van der Waals surface area contributed by atoms with E-state index in [1.807, 2.05) is 17.4 Å². The number of para-hydroxylation sites is 4. The Morgan fingerprint density at radius 2 is 1.09 bits per heavy atom. The quantitative estimate of drug-likeness (QED) is 0.210. The molecule has 0 aliphatic carbocycles. The third kappa shape index (κ3) is 3.72. The van der Waals surface area contributed by atoms with Crippen LogP contribution >= 0.6 is 11.3 Å². The van der Waals surface area contributed by atoms with Crippen molar-refractivity contribution in [3.8, 4) is 11.1 Å². The Kier molecular flexibility index (Phi) is 5.40. The van der Waals surface area contributed by atoms with E-state index in [-0.39, 0.29) is 0 Å². The molecule has 0 aliphatic rings. The Balaban J connectivity index is 1.40. The van der Waals surface area contributed by atoms with Crippen LogP contribution in [0.3, 0.4) is 0 Å². The third-order valence-corrected chi connectivity index (χ3v) is 9.65. The predicted molar refractivity (Wildman–Crippen MR) is 184 cm³/mol. The number of furan rings is 1. The molecule has 0 saturated carbocycles. The minimum Gasteiger partial charge on any atom is -0.455 e. The monoisotopic (exact) mass is 567 g/mol. The minimum atomic E-state index is 0.917. The first kappa shape index (κ1) is 24.2. The highest BCUT2D eigenvalue weighted by Gasteiger charge is 2.21. The number of hydrogen-bond donors (Lipinski definition) is 0. The average Bonchev–Trinajstić information content (AvgIpc) is 3.65. The van der Waals surface area contributed by atoms with Crippen LogP contribution in [-0.2, 0) is 0 Å². The topological polar surface area (TPSA) is 16.4 Å². The lowest BCUT2D eigenvalue weighted by Gasteiger charge is -2.26. The lowest BCUT2D eigenvalue weighted by Crippen LogP contribution is -2.09. The molecule has 3 heteroatoms. The first-order chi connectivity index (χ1) is 21.3. The van der Waals surface area contributed by atoms with Crippen LogP contribution in [0.5, 0.6) is 0 Å². The van der Waals surface area contributed by atoms with E-state index >= 15 is 0 Å². The van der Waals surface area contributed by atoms with E-state index in [0.29, 0.717) is 0 Å². The highest BCUT2D eigenvalue weighted by Crippen LogP contribution is 2.49. The van der Waals surface area contributed by atoms with Crippen molar-refractivity contribution < 1.29 is 4.42 Å². The molecule has 0 aliphatic heterocycles. The Hall–Kier alpha value is -5.38. The second kappa shape index (κ2) is 9.59. The number of rotatable bonds is 4. The molecule has 0 N–H and O–H groups in total. The first-order valence-electron chi connectivity index (χ1n) is 14.5. The summed E-state index contributed by atoms with van der Waals surface area (Å²) in [5, 5.41) is 7.32. The van der Waals surface area contributed by atoms with Crippen LogP contribution in [0.15, 0.2) is 156 Å². The van der Waals surface area contributed by atoms with Crippen LogP contribution < -0.4 is 4.90 Å². The molecule has 0 unspecified atom stereocenters. The number of nitrogens with zero attached hydrogens (tertiary/aromatic N) is 1. The summed E-state index contributed by atoms with van der Waals surface area (Å²) >= 11 is 1.87. The van der Waals surface area contributed by atoms with E-state index in [1.165, 1.54) is 42.2 Å². The molecule has 2 aromatic heterocycles. The molecular weight excluding hydrogens is 543 g/mol. The molecule has 0 saturated heterocycles. The molecule has 9 rings (SSSR count). The van der Waals surface area contributed by atoms with Gasteiger partial charge in [-0.2, -0.15) is 0 Å². The number of fused-ring (bicyclic) bond motifs is 8. The van der Waals surface area contributed by atoms with Gasteiger partial charge in [-0.3, -0.25) is 0 Å². The van der Waals surface area contributed by atoms with Gasteiger partial charge < -0.3 is 9.32 Å². The van der Waals surface area contributed by atoms with Crippen molar-refractivity contribution in [1.82, 2.24) is 0 Å². The zero-order valence-electron chi connectivity index (χ0n) is 23.2. The lowest BCUT2D eigenvalue weighted by molar-refractivity contribution is 0.670. The first-order valence-corrected chi connectivity index (χ1v) is 15.3. The molecule has 0 bridgehead atoms. The van der Waals surface area contributed by atoms with E-state index in [9.17, 15) is 0 Å². The van der Waals surface area contributed by atoms with Crippen LogP contribution in [0.2, 0.25) is 0 Å². The van der Waals surface area contributed by atoms with Crippen LogP contribution in [0, 0.1) is 0 Å². The van der Waals surface area contributed by atoms with Gasteiger partial charge in [-0.15, -0.1) is 11.3 Å². The molecule has 43 heavy (non-hydrogen) atoms. The van der Waals surface area contributed by atoms with Crippen molar-refractivity contribution in [3.05, 3.63) is 152 Å². The fraction of sp³-hybridized carbons (Fsp3) is 0. The smallest absolute Gasteiger partial charge is 0.143 e. The van der Waals surface area contributed by atoms with Gasteiger partial charge in [-0.05, 0) is 59.5 Å². The molecule has 0 radical (unpaired) electrons. The molecule has 2 nitrogen and oxygen atoms in total. The van der Waals surface area contributed by atoms with Crippen molar-refractivity contribution in [3.63, 3.8) is 0 Å². The van der Waals surface area contributed by atoms with Crippen molar-refractivity contribution >= 4 is 81.3 Å². The summed E-state index contributed by atoms with van der Waals surface area (Å²) < 4.78 is 9.12. The molecule has 7 aromatic carbocycles. The third-order valence-electron chi connectivity index (χ3n) is 8.44. The van der Waals surface area contributed by atoms with Gasteiger partial charge in [0.25, 0.3) is 0 Å². The summed E-state index contributed by atoms with van der Waals surface area (Å²) in [4.78, 5) is 2.38. The van der Waals surface area contributed by atoms with Gasteiger partial charge in [0.05, 0.1) is 5.69 Å². The Morgan fingerprint density at radius 3 is 1.86 bits per heavy atom. The Morgan fingerprint density at radius 1 is 0.465 bits per heavy atom. The average molecular weight is 568 g/mol. The van der Waals surface area contributed by atoms with E-state index in [4.69, 9.17) is 4.42 Å². The Bertz CT molecular complexity index is 2420. The highest BCUT2D eigenvalue weighted by atomic mass is 32.1. The fourth-order valence-electron chi connectivity index (χ4n) is 6.58. The lowest BCUT2D eigenvalue weighted by atomic mass is 9.94. The summed E-state index contributed by atoms with van der Waals surface area (Å²) in [6.45, 7) is 0. The molecule has 2 heterocycles. The predicted octanol–water partition coefficient (Wildman–Crippen LogP) is 12.2. The molecule has 0 fully saturated rings. The second-order valence-electron chi connectivity index (χ2n) is 10.9. The van der Waals surface area contributed by atoms with Crippen molar-refractivity contribution in [1.29, 1.82) is 0 Å². The standard InChI is InChI=1S/C40H25NOS/c1-3-13-26(14-4-1)41(27-15-5-2-6-16-27)35-22-12-24-37-38(35)34-25-33(28-17-7-8-19-32(28)40(34)43-37)31-21-11-20-30-29-18-9-10-23-36(29)42-39(30)31/h1-25H. The van der Waals surface area contributed by atoms with Crippen molar-refractivity contribution in [2.75, 3.05) is 4.90 Å². The normalized spacial score (nSPS) is 11.7. The maximum atomic E-state index is 6.54. The molecule has 0 spiro atoms. The van der Waals surface area contributed by atoms with Crippen molar-refractivity contribution in [2.45, 2.75) is 0 Å². The summed E-state index contributed by atoms with van der Waals surface area (Å²) in [6, 6.07) is 54.1.